The minimum atomic E-state index is 0.102. The Morgan fingerprint density at radius 2 is 2.00 bits per heavy atom. The summed E-state index contributed by atoms with van der Waals surface area (Å²) in [5.74, 6) is 0.891. The van der Waals surface area contributed by atoms with Crippen LogP contribution in [0.3, 0.4) is 0 Å². The van der Waals surface area contributed by atoms with Gasteiger partial charge < -0.3 is 15.4 Å². The predicted octanol–water partition coefficient (Wildman–Crippen LogP) is 2.32. The van der Waals surface area contributed by atoms with Crippen LogP contribution in [0.15, 0.2) is 17.1 Å². The zero-order valence-electron chi connectivity index (χ0n) is 13.0. The molecule has 0 aromatic rings. The van der Waals surface area contributed by atoms with Gasteiger partial charge in [0, 0.05) is 19.7 Å². The van der Waals surface area contributed by atoms with Gasteiger partial charge in [-0.3, -0.25) is 4.99 Å². The van der Waals surface area contributed by atoms with Gasteiger partial charge in [0.15, 0.2) is 5.96 Å². The quantitative estimate of drug-likeness (QED) is 0.456. The molecule has 0 amide bonds. The molecule has 0 aromatic carbocycles. The van der Waals surface area contributed by atoms with Crippen LogP contribution in [0.5, 0.6) is 0 Å². The SMILES string of the molecule is CCNC(=NCC(OC)C(C)(C)C)NC1CC=CC1. The van der Waals surface area contributed by atoms with E-state index in [0.717, 1.165) is 25.3 Å². The van der Waals surface area contributed by atoms with Crippen molar-refractivity contribution in [1.29, 1.82) is 0 Å². The highest BCUT2D eigenvalue weighted by Crippen LogP contribution is 2.21. The summed E-state index contributed by atoms with van der Waals surface area (Å²) in [5.41, 5.74) is 0.102. The van der Waals surface area contributed by atoms with Crippen LogP contribution in [-0.4, -0.2) is 38.3 Å². The van der Waals surface area contributed by atoms with E-state index in [0.29, 0.717) is 12.6 Å². The fraction of sp³-hybridized carbons (Fsp3) is 0.800. The Hall–Kier alpha value is -1.03. The highest BCUT2D eigenvalue weighted by atomic mass is 16.5. The highest BCUT2D eigenvalue weighted by Gasteiger charge is 2.24. The largest absolute Gasteiger partial charge is 0.379 e. The van der Waals surface area contributed by atoms with Gasteiger partial charge in [-0.25, -0.2) is 0 Å². The molecule has 2 N–H and O–H groups in total. The van der Waals surface area contributed by atoms with E-state index in [1.54, 1.807) is 7.11 Å². The predicted molar refractivity (Wildman–Crippen MR) is 81.5 cm³/mol. The van der Waals surface area contributed by atoms with Crippen LogP contribution >= 0.6 is 0 Å². The van der Waals surface area contributed by atoms with E-state index in [1.807, 2.05) is 0 Å². The third-order valence-electron chi connectivity index (χ3n) is 3.36. The molecule has 19 heavy (non-hydrogen) atoms. The Labute approximate surface area is 117 Å². The summed E-state index contributed by atoms with van der Waals surface area (Å²) in [6.07, 6.45) is 6.72. The lowest BCUT2D eigenvalue weighted by Gasteiger charge is -2.28. The number of guanidine groups is 1. The summed E-state index contributed by atoms with van der Waals surface area (Å²) < 4.78 is 5.54. The summed E-state index contributed by atoms with van der Waals surface area (Å²) in [6.45, 7) is 10.2. The Balaban J connectivity index is 2.56. The Morgan fingerprint density at radius 3 is 2.47 bits per heavy atom. The van der Waals surface area contributed by atoms with Crippen molar-refractivity contribution in [2.75, 3.05) is 20.2 Å². The van der Waals surface area contributed by atoms with Gasteiger partial charge in [0.2, 0.25) is 0 Å². The fourth-order valence-electron chi connectivity index (χ4n) is 2.12. The maximum Gasteiger partial charge on any atom is 0.191 e. The molecule has 0 fully saturated rings. The van der Waals surface area contributed by atoms with Crippen molar-refractivity contribution < 1.29 is 4.74 Å². The van der Waals surface area contributed by atoms with Crippen molar-refractivity contribution in [3.05, 3.63) is 12.2 Å². The highest BCUT2D eigenvalue weighted by molar-refractivity contribution is 5.80. The molecule has 1 rings (SSSR count). The standard InChI is InChI=1S/C15H29N3O/c1-6-16-14(18-12-9-7-8-10-12)17-11-13(19-5)15(2,3)4/h7-8,12-13H,6,9-11H2,1-5H3,(H2,16,17,18). The molecule has 110 valence electrons. The Kier molecular flexibility index (Phi) is 6.35. The minimum absolute atomic E-state index is 0.102. The van der Waals surface area contributed by atoms with Crippen molar-refractivity contribution >= 4 is 5.96 Å². The second-order valence-corrected chi connectivity index (χ2v) is 6.09. The van der Waals surface area contributed by atoms with E-state index < -0.39 is 0 Å². The number of methoxy groups -OCH3 is 1. The number of hydrogen-bond donors (Lipinski definition) is 2. The van der Waals surface area contributed by atoms with Crippen LogP contribution in [0.25, 0.3) is 0 Å². The van der Waals surface area contributed by atoms with Gasteiger partial charge in [0.25, 0.3) is 0 Å². The molecule has 1 aliphatic carbocycles. The molecule has 0 bridgehead atoms. The van der Waals surface area contributed by atoms with Crippen LogP contribution < -0.4 is 10.6 Å². The van der Waals surface area contributed by atoms with Gasteiger partial charge in [-0.1, -0.05) is 32.9 Å². The maximum absolute atomic E-state index is 5.54. The molecule has 0 saturated heterocycles. The molecule has 0 spiro atoms. The van der Waals surface area contributed by atoms with Gasteiger partial charge in [-0.05, 0) is 25.2 Å². The molecule has 0 radical (unpaired) electrons. The van der Waals surface area contributed by atoms with Gasteiger partial charge in [0.05, 0.1) is 12.6 Å². The van der Waals surface area contributed by atoms with Crippen LogP contribution in [0.4, 0.5) is 0 Å². The lowest BCUT2D eigenvalue weighted by Crippen LogP contribution is -2.43. The molecule has 1 aliphatic rings. The second kappa shape index (κ2) is 7.53. The van der Waals surface area contributed by atoms with Crippen molar-refractivity contribution in [2.45, 2.75) is 52.7 Å². The van der Waals surface area contributed by atoms with Crippen molar-refractivity contribution in [2.24, 2.45) is 10.4 Å². The summed E-state index contributed by atoms with van der Waals surface area (Å²) in [4.78, 5) is 4.66. The minimum Gasteiger partial charge on any atom is -0.379 e. The number of nitrogens with zero attached hydrogens (tertiary/aromatic N) is 1. The van der Waals surface area contributed by atoms with Gasteiger partial charge >= 0.3 is 0 Å². The van der Waals surface area contributed by atoms with Crippen LogP contribution in [0, 0.1) is 5.41 Å². The average molecular weight is 267 g/mol. The maximum atomic E-state index is 5.54. The first-order chi connectivity index (χ1) is 8.97. The zero-order valence-corrected chi connectivity index (χ0v) is 13.0. The summed E-state index contributed by atoms with van der Waals surface area (Å²) in [7, 11) is 1.76. The summed E-state index contributed by atoms with van der Waals surface area (Å²) >= 11 is 0. The van der Waals surface area contributed by atoms with E-state index in [4.69, 9.17) is 4.74 Å². The first-order valence-electron chi connectivity index (χ1n) is 7.20. The molecular formula is C15H29N3O. The molecular weight excluding hydrogens is 238 g/mol. The third-order valence-corrected chi connectivity index (χ3v) is 3.36. The molecule has 4 heteroatoms. The number of nitrogens with one attached hydrogen (secondary N) is 2. The van der Waals surface area contributed by atoms with Crippen molar-refractivity contribution in [3.63, 3.8) is 0 Å². The summed E-state index contributed by atoms with van der Waals surface area (Å²) in [5, 5.41) is 6.76. The normalized spacial score (nSPS) is 18.7. The van der Waals surface area contributed by atoms with Crippen LogP contribution in [-0.2, 0) is 4.74 Å². The van der Waals surface area contributed by atoms with Crippen LogP contribution in [0.1, 0.15) is 40.5 Å². The van der Waals surface area contributed by atoms with E-state index >= 15 is 0 Å². The van der Waals surface area contributed by atoms with Gasteiger partial charge in [0.1, 0.15) is 0 Å². The molecule has 1 atom stereocenters. The Morgan fingerprint density at radius 1 is 1.37 bits per heavy atom. The summed E-state index contributed by atoms with van der Waals surface area (Å²) in [6, 6.07) is 0.480. The molecule has 1 unspecified atom stereocenters. The number of aliphatic imine (C=N–C) groups is 1. The molecule has 4 nitrogen and oxygen atoms in total. The fourth-order valence-corrected chi connectivity index (χ4v) is 2.12. The Bertz CT molecular complexity index is 310. The molecule has 0 aliphatic heterocycles. The lowest BCUT2D eigenvalue weighted by molar-refractivity contribution is 0.0241. The van der Waals surface area contributed by atoms with Gasteiger partial charge in [-0.2, -0.15) is 0 Å². The number of rotatable bonds is 5. The van der Waals surface area contributed by atoms with Crippen molar-refractivity contribution in [1.82, 2.24) is 10.6 Å². The third kappa shape index (κ3) is 5.64. The van der Waals surface area contributed by atoms with E-state index in [1.165, 1.54) is 0 Å². The zero-order chi connectivity index (χ0) is 14.3. The molecule has 0 saturated carbocycles. The molecule has 0 aromatic heterocycles. The topological polar surface area (TPSA) is 45.7 Å². The first-order valence-corrected chi connectivity index (χ1v) is 7.20. The van der Waals surface area contributed by atoms with Crippen LogP contribution in [0.2, 0.25) is 0 Å². The average Bonchev–Trinajstić information content (AvgIpc) is 2.81. The second-order valence-electron chi connectivity index (χ2n) is 6.09. The monoisotopic (exact) mass is 267 g/mol. The lowest BCUT2D eigenvalue weighted by atomic mass is 9.89. The first kappa shape index (κ1) is 16.0. The van der Waals surface area contributed by atoms with E-state index in [2.05, 4.69) is 55.5 Å². The van der Waals surface area contributed by atoms with Crippen molar-refractivity contribution in [3.8, 4) is 0 Å². The molecule has 0 heterocycles. The van der Waals surface area contributed by atoms with Gasteiger partial charge in [-0.15, -0.1) is 0 Å². The number of hydrogen-bond acceptors (Lipinski definition) is 2. The van der Waals surface area contributed by atoms with E-state index in [-0.39, 0.29) is 11.5 Å². The van der Waals surface area contributed by atoms with E-state index in [9.17, 15) is 0 Å². The number of ether oxygens (including phenoxy) is 1. The smallest absolute Gasteiger partial charge is 0.191 e.